The maximum absolute atomic E-state index is 9.52. The number of aliphatic imine (C=N–C) groups is 1. The lowest BCUT2D eigenvalue weighted by Crippen LogP contribution is -1.83. The van der Waals surface area contributed by atoms with E-state index >= 15 is 0 Å². The molecule has 0 saturated heterocycles. The fraction of sp³-hybridized carbons (Fsp3) is 0. The molecule has 0 aliphatic carbocycles. The Bertz CT molecular complexity index is 527. The van der Waals surface area contributed by atoms with Crippen molar-refractivity contribution in [1.29, 1.82) is 0 Å². The Morgan fingerprint density at radius 2 is 1.41 bits per heavy atom. The number of hydrogen-bond acceptors (Lipinski definition) is 4. The normalized spacial score (nSPS) is 10.8. The average molecular weight is 229 g/mol. The Hall–Kier alpha value is -2.49. The zero-order chi connectivity index (χ0) is 12.3. The lowest BCUT2D eigenvalue weighted by molar-refractivity contribution is 0.449. The number of phenolic OH excluding ortho intramolecular Hbond substituents is 3. The monoisotopic (exact) mass is 229 g/mol. The summed E-state index contributed by atoms with van der Waals surface area (Å²) in [6.45, 7) is 0. The maximum Gasteiger partial charge on any atom is 0.128 e. The highest BCUT2D eigenvalue weighted by Crippen LogP contribution is 2.25. The lowest BCUT2D eigenvalue weighted by Gasteiger charge is -2.01. The second-order valence-electron chi connectivity index (χ2n) is 3.48. The summed E-state index contributed by atoms with van der Waals surface area (Å²) in [6, 6.07) is 10.8. The van der Waals surface area contributed by atoms with Crippen molar-refractivity contribution in [3.63, 3.8) is 0 Å². The lowest BCUT2D eigenvalue weighted by atomic mass is 10.2. The van der Waals surface area contributed by atoms with Gasteiger partial charge in [-0.15, -0.1) is 0 Å². The van der Waals surface area contributed by atoms with Crippen LogP contribution in [0.4, 0.5) is 5.69 Å². The highest BCUT2D eigenvalue weighted by atomic mass is 16.3. The van der Waals surface area contributed by atoms with Gasteiger partial charge in [0, 0.05) is 6.21 Å². The van der Waals surface area contributed by atoms with Crippen molar-refractivity contribution < 1.29 is 15.3 Å². The van der Waals surface area contributed by atoms with E-state index < -0.39 is 0 Å². The SMILES string of the molecule is Oc1ccc(N=Cc2c(O)cccc2O)cc1. The molecule has 0 saturated carbocycles. The van der Waals surface area contributed by atoms with Crippen LogP contribution in [0, 0.1) is 0 Å². The maximum atomic E-state index is 9.52. The van der Waals surface area contributed by atoms with Gasteiger partial charge in [0.25, 0.3) is 0 Å². The summed E-state index contributed by atoms with van der Waals surface area (Å²) in [6.07, 6.45) is 1.37. The van der Waals surface area contributed by atoms with Crippen molar-refractivity contribution in [2.24, 2.45) is 4.99 Å². The first-order chi connectivity index (χ1) is 8.16. The number of rotatable bonds is 2. The molecular weight excluding hydrogens is 218 g/mol. The van der Waals surface area contributed by atoms with Crippen molar-refractivity contribution in [3.05, 3.63) is 48.0 Å². The van der Waals surface area contributed by atoms with Gasteiger partial charge in [0.2, 0.25) is 0 Å². The minimum Gasteiger partial charge on any atom is -0.508 e. The molecule has 0 aliphatic rings. The second kappa shape index (κ2) is 4.57. The molecule has 0 amide bonds. The summed E-state index contributed by atoms with van der Waals surface area (Å²) in [5, 5.41) is 28.1. The van der Waals surface area contributed by atoms with Gasteiger partial charge < -0.3 is 15.3 Å². The first-order valence-corrected chi connectivity index (χ1v) is 5.01. The number of hydrogen-bond donors (Lipinski definition) is 3. The molecule has 86 valence electrons. The van der Waals surface area contributed by atoms with Gasteiger partial charge in [0.1, 0.15) is 17.2 Å². The molecule has 2 aromatic carbocycles. The van der Waals surface area contributed by atoms with Gasteiger partial charge in [-0.2, -0.15) is 0 Å². The second-order valence-corrected chi connectivity index (χ2v) is 3.48. The first kappa shape index (κ1) is 11.0. The molecule has 0 aliphatic heterocycles. The van der Waals surface area contributed by atoms with Crippen LogP contribution in [0.5, 0.6) is 17.2 Å². The molecule has 0 heterocycles. The largest absolute Gasteiger partial charge is 0.508 e. The van der Waals surface area contributed by atoms with Gasteiger partial charge in [-0.05, 0) is 36.4 Å². The predicted molar refractivity (Wildman–Crippen MR) is 65.1 cm³/mol. The molecule has 0 fully saturated rings. The van der Waals surface area contributed by atoms with Crippen LogP contribution in [0.3, 0.4) is 0 Å². The van der Waals surface area contributed by atoms with Crippen molar-refractivity contribution >= 4 is 11.9 Å². The third-order valence-corrected chi connectivity index (χ3v) is 2.25. The molecule has 0 bridgehead atoms. The standard InChI is InChI=1S/C13H11NO3/c15-10-6-4-9(5-7-10)14-8-11-12(16)2-1-3-13(11)17/h1-8,15-17H. The van der Waals surface area contributed by atoms with Gasteiger partial charge in [-0.1, -0.05) is 6.07 Å². The van der Waals surface area contributed by atoms with Crippen LogP contribution in [0.2, 0.25) is 0 Å². The highest BCUT2D eigenvalue weighted by Gasteiger charge is 2.03. The smallest absolute Gasteiger partial charge is 0.128 e. The van der Waals surface area contributed by atoms with Crippen LogP contribution >= 0.6 is 0 Å². The quantitative estimate of drug-likeness (QED) is 0.693. The fourth-order valence-corrected chi connectivity index (χ4v) is 1.35. The molecule has 0 radical (unpaired) electrons. The van der Waals surface area contributed by atoms with E-state index in [2.05, 4.69) is 4.99 Å². The molecule has 17 heavy (non-hydrogen) atoms. The van der Waals surface area contributed by atoms with Crippen LogP contribution < -0.4 is 0 Å². The Morgan fingerprint density at radius 3 is 2.00 bits per heavy atom. The minimum atomic E-state index is -0.0347. The van der Waals surface area contributed by atoms with E-state index in [4.69, 9.17) is 5.11 Å². The molecule has 0 spiro atoms. The molecule has 4 nitrogen and oxygen atoms in total. The summed E-state index contributed by atoms with van der Waals surface area (Å²) in [5.41, 5.74) is 0.881. The third-order valence-electron chi connectivity index (χ3n) is 2.25. The first-order valence-electron chi connectivity index (χ1n) is 5.01. The Morgan fingerprint density at radius 1 is 0.824 bits per heavy atom. The van der Waals surface area contributed by atoms with Crippen molar-refractivity contribution in [1.82, 2.24) is 0 Å². The number of nitrogens with zero attached hydrogens (tertiary/aromatic N) is 1. The van der Waals surface area contributed by atoms with Gasteiger partial charge in [-0.3, -0.25) is 4.99 Å². The summed E-state index contributed by atoms with van der Waals surface area (Å²) in [7, 11) is 0. The van der Waals surface area contributed by atoms with E-state index in [0.717, 1.165) is 0 Å². The highest BCUT2D eigenvalue weighted by molar-refractivity contribution is 5.88. The third kappa shape index (κ3) is 2.55. The van der Waals surface area contributed by atoms with Crippen LogP contribution in [0.25, 0.3) is 0 Å². The van der Waals surface area contributed by atoms with E-state index in [0.29, 0.717) is 5.69 Å². The molecule has 0 atom stereocenters. The van der Waals surface area contributed by atoms with Crippen LogP contribution in [-0.4, -0.2) is 21.5 Å². The summed E-state index contributed by atoms with van der Waals surface area (Å²) >= 11 is 0. The van der Waals surface area contributed by atoms with E-state index in [-0.39, 0.29) is 22.8 Å². The molecular formula is C13H11NO3. The van der Waals surface area contributed by atoms with Crippen LogP contribution in [-0.2, 0) is 0 Å². The van der Waals surface area contributed by atoms with Crippen molar-refractivity contribution in [2.45, 2.75) is 0 Å². The zero-order valence-corrected chi connectivity index (χ0v) is 8.91. The molecule has 4 heteroatoms. The van der Waals surface area contributed by atoms with Crippen LogP contribution in [0.1, 0.15) is 5.56 Å². The minimum absolute atomic E-state index is 0.0347. The summed E-state index contributed by atoms with van der Waals surface area (Å²) in [4.78, 5) is 4.08. The zero-order valence-electron chi connectivity index (χ0n) is 8.91. The van der Waals surface area contributed by atoms with E-state index in [1.807, 2.05) is 0 Å². The molecule has 0 unspecified atom stereocenters. The van der Waals surface area contributed by atoms with E-state index in [1.54, 1.807) is 18.2 Å². The predicted octanol–water partition coefficient (Wildman–Crippen LogP) is 2.55. The molecule has 3 N–H and O–H groups in total. The molecule has 2 rings (SSSR count). The number of phenols is 3. The van der Waals surface area contributed by atoms with Gasteiger partial charge >= 0.3 is 0 Å². The Balaban J connectivity index is 2.29. The van der Waals surface area contributed by atoms with E-state index in [9.17, 15) is 10.2 Å². The number of benzene rings is 2. The number of aromatic hydroxyl groups is 3. The topological polar surface area (TPSA) is 73.1 Å². The fourth-order valence-electron chi connectivity index (χ4n) is 1.35. The Labute approximate surface area is 98.1 Å². The van der Waals surface area contributed by atoms with Crippen molar-refractivity contribution in [3.8, 4) is 17.2 Å². The average Bonchev–Trinajstić information content (AvgIpc) is 2.31. The Kier molecular flexibility index (Phi) is 2.96. The van der Waals surface area contributed by atoms with Gasteiger partial charge in [-0.25, -0.2) is 0 Å². The molecule has 2 aromatic rings. The molecule has 0 aromatic heterocycles. The van der Waals surface area contributed by atoms with Crippen LogP contribution in [0.15, 0.2) is 47.5 Å². The summed E-state index contributed by atoms with van der Waals surface area (Å²) in [5.74, 6) is 0.0920. The van der Waals surface area contributed by atoms with Gasteiger partial charge in [0.15, 0.2) is 0 Å². The van der Waals surface area contributed by atoms with Crippen molar-refractivity contribution in [2.75, 3.05) is 0 Å². The summed E-state index contributed by atoms with van der Waals surface area (Å²) < 4.78 is 0. The van der Waals surface area contributed by atoms with E-state index in [1.165, 1.54) is 30.5 Å². The van der Waals surface area contributed by atoms with Gasteiger partial charge in [0.05, 0.1) is 11.3 Å².